The number of benzene rings is 2. The lowest BCUT2D eigenvalue weighted by Crippen LogP contribution is -2.42. The summed E-state index contributed by atoms with van der Waals surface area (Å²) in [6.07, 6.45) is 3.18. The summed E-state index contributed by atoms with van der Waals surface area (Å²) in [6, 6.07) is 16.3. The Kier molecular flexibility index (Phi) is 5.44. The van der Waals surface area contributed by atoms with Crippen molar-refractivity contribution in [1.82, 2.24) is 14.9 Å². The molecule has 3 N–H and O–H groups in total. The van der Waals surface area contributed by atoms with Crippen LogP contribution in [0.3, 0.4) is 0 Å². The summed E-state index contributed by atoms with van der Waals surface area (Å²) < 4.78 is 0. The van der Waals surface area contributed by atoms with Crippen molar-refractivity contribution in [3.8, 4) is 0 Å². The number of para-hydroxylation sites is 2. The number of nitrogens with two attached hydrogens (primary N) is 1. The maximum absolute atomic E-state index is 12.8. The van der Waals surface area contributed by atoms with E-state index in [0.29, 0.717) is 6.42 Å². The van der Waals surface area contributed by atoms with Crippen molar-refractivity contribution < 1.29 is 4.79 Å². The van der Waals surface area contributed by atoms with Crippen molar-refractivity contribution in [3.63, 3.8) is 0 Å². The molecule has 2 atom stereocenters. The van der Waals surface area contributed by atoms with Crippen LogP contribution in [0.15, 0.2) is 48.5 Å². The van der Waals surface area contributed by atoms with Gasteiger partial charge in [-0.15, -0.1) is 0 Å². The molecule has 0 radical (unpaired) electrons. The van der Waals surface area contributed by atoms with Gasteiger partial charge in [0.1, 0.15) is 5.82 Å². The first-order valence-electron chi connectivity index (χ1n) is 10.1. The van der Waals surface area contributed by atoms with E-state index in [2.05, 4.69) is 30.1 Å². The largest absolute Gasteiger partial charge is 0.342 e. The number of aromatic amines is 1. The third-order valence-electron chi connectivity index (χ3n) is 5.59. The van der Waals surface area contributed by atoms with E-state index in [1.807, 2.05) is 35.2 Å². The molecular weight excluding hydrogens is 348 g/mol. The Hall–Kier alpha value is -2.66. The molecular formula is C23H28N4O. The van der Waals surface area contributed by atoms with Gasteiger partial charge in [0.25, 0.3) is 0 Å². The van der Waals surface area contributed by atoms with Gasteiger partial charge in [-0.1, -0.05) is 42.0 Å². The van der Waals surface area contributed by atoms with Crippen molar-refractivity contribution in [2.45, 2.75) is 44.6 Å². The van der Waals surface area contributed by atoms with Gasteiger partial charge in [0.15, 0.2) is 0 Å². The molecule has 1 aliphatic heterocycles. The molecule has 1 aliphatic rings. The van der Waals surface area contributed by atoms with Gasteiger partial charge in [-0.2, -0.15) is 0 Å². The minimum absolute atomic E-state index is 0.152. The predicted octanol–water partition coefficient (Wildman–Crippen LogP) is 3.54. The normalized spacial score (nSPS) is 18.4. The number of hydrogen-bond donors (Lipinski definition) is 2. The molecule has 3 aromatic rings. The number of piperidine rings is 1. The van der Waals surface area contributed by atoms with E-state index >= 15 is 0 Å². The first-order valence-corrected chi connectivity index (χ1v) is 10.1. The first kappa shape index (κ1) is 18.7. The van der Waals surface area contributed by atoms with Crippen LogP contribution in [0.25, 0.3) is 11.0 Å². The molecule has 1 amide bonds. The van der Waals surface area contributed by atoms with Gasteiger partial charge in [0.05, 0.1) is 11.0 Å². The molecule has 1 saturated heterocycles. The van der Waals surface area contributed by atoms with E-state index in [0.717, 1.165) is 49.2 Å². The maximum Gasteiger partial charge on any atom is 0.224 e. The highest BCUT2D eigenvalue weighted by atomic mass is 16.2. The number of hydrogen-bond acceptors (Lipinski definition) is 3. The van der Waals surface area contributed by atoms with E-state index in [-0.39, 0.29) is 17.9 Å². The zero-order valence-electron chi connectivity index (χ0n) is 16.4. The number of likely N-dealkylation sites (tertiary alicyclic amines) is 1. The molecule has 5 nitrogen and oxygen atoms in total. The second-order valence-corrected chi connectivity index (χ2v) is 7.98. The second kappa shape index (κ2) is 8.15. The van der Waals surface area contributed by atoms with Crippen LogP contribution < -0.4 is 5.73 Å². The smallest absolute Gasteiger partial charge is 0.224 e. The Morgan fingerprint density at radius 1 is 1.29 bits per heavy atom. The molecule has 1 fully saturated rings. The SMILES string of the molecule is Cc1cccc(C[C@@H](N)CC(=O)N2CCCC(c3nc4ccccc4[nH]3)C2)c1. The van der Waals surface area contributed by atoms with Crippen molar-refractivity contribution in [2.75, 3.05) is 13.1 Å². The van der Waals surface area contributed by atoms with Gasteiger partial charge in [-0.25, -0.2) is 4.98 Å². The summed E-state index contributed by atoms with van der Waals surface area (Å²) in [5.74, 6) is 1.40. The molecule has 28 heavy (non-hydrogen) atoms. The molecule has 4 rings (SSSR count). The maximum atomic E-state index is 12.8. The van der Waals surface area contributed by atoms with Crippen LogP contribution in [-0.4, -0.2) is 39.9 Å². The fraction of sp³-hybridized carbons (Fsp3) is 0.391. The Labute approximate surface area is 166 Å². The van der Waals surface area contributed by atoms with Crippen molar-refractivity contribution >= 4 is 16.9 Å². The van der Waals surface area contributed by atoms with E-state index < -0.39 is 0 Å². The number of rotatable bonds is 5. The van der Waals surface area contributed by atoms with Crippen LogP contribution in [0.5, 0.6) is 0 Å². The van der Waals surface area contributed by atoms with Crippen LogP contribution in [-0.2, 0) is 11.2 Å². The number of carbonyl (C=O) groups excluding carboxylic acids is 1. The van der Waals surface area contributed by atoms with Crippen LogP contribution in [0.1, 0.15) is 42.1 Å². The van der Waals surface area contributed by atoms with Gasteiger partial charge < -0.3 is 15.6 Å². The zero-order valence-corrected chi connectivity index (χ0v) is 16.4. The number of nitrogens with zero attached hydrogens (tertiary/aromatic N) is 2. The molecule has 1 aromatic heterocycles. The number of fused-ring (bicyclic) bond motifs is 1. The Morgan fingerprint density at radius 3 is 2.96 bits per heavy atom. The van der Waals surface area contributed by atoms with Gasteiger partial charge in [0, 0.05) is 31.5 Å². The predicted molar refractivity (Wildman–Crippen MR) is 112 cm³/mol. The molecule has 0 bridgehead atoms. The summed E-state index contributed by atoms with van der Waals surface area (Å²) in [5.41, 5.74) is 10.8. The van der Waals surface area contributed by atoms with Gasteiger partial charge in [-0.3, -0.25) is 4.79 Å². The molecule has 0 aliphatic carbocycles. The van der Waals surface area contributed by atoms with Gasteiger partial charge in [-0.05, 0) is 43.9 Å². The number of amides is 1. The minimum Gasteiger partial charge on any atom is -0.342 e. The Morgan fingerprint density at radius 2 is 2.14 bits per heavy atom. The number of aryl methyl sites for hydroxylation is 1. The van der Waals surface area contributed by atoms with Crippen LogP contribution in [0.4, 0.5) is 0 Å². The summed E-state index contributed by atoms with van der Waals surface area (Å²) in [5, 5.41) is 0. The first-order chi connectivity index (χ1) is 13.6. The quantitative estimate of drug-likeness (QED) is 0.715. The molecule has 0 spiro atoms. The van der Waals surface area contributed by atoms with Crippen molar-refractivity contribution in [2.24, 2.45) is 5.73 Å². The van der Waals surface area contributed by atoms with Crippen molar-refractivity contribution in [3.05, 3.63) is 65.5 Å². The highest BCUT2D eigenvalue weighted by Gasteiger charge is 2.27. The third kappa shape index (κ3) is 4.25. The van der Waals surface area contributed by atoms with Crippen molar-refractivity contribution in [1.29, 1.82) is 0 Å². The summed E-state index contributed by atoms with van der Waals surface area (Å²) >= 11 is 0. The van der Waals surface area contributed by atoms with Crippen LogP contribution >= 0.6 is 0 Å². The summed E-state index contributed by atoms with van der Waals surface area (Å²) in [7, 11) is 0. The van der Waals surface area contributed by atoms with E-state index in [1.54, 1.807) is 0 Å². The zero-order chi connectivity index (χ0) is 19.5. The van der Waals surface area contributed by atoms with E-state index in [4.69, 9.17) is 10.7 Å². The lowest BCUT2D eigenvalue weighted by atomic mass is 9.96. The van der Waals surface area contributed by atoms with Gasteiger partial charge in [0.2, 0.25) is 5.91 Å². The highest BCUT2D eigenvalue weighted by molar-refractivity contribution is 5.77. The van der Waals surface area contributed by atoms with Gasteiger partial charge >= 0.3 is 0 Å². The Bertz CT molecular complexity index is 931. The number of carbonyl (C=O) groups is 1. The molecule has 2 aromatic carbocycles. The lowest BCUT2D eigenvalue weighted by molar-refractivity contribution is -0.132. The molecule has 146 valence electrons. The third-order valence-corrected chi connectivity index (χ3v) is 5.59. The average Bonchev–Trinajstić information content (AvgIpc) is 3.12. The van der Waals surface area contributed by atoms with E-state index in [1.165, 1.54) is 11.1 Å². The minimum atomic E-state index is -0.152. The summed E-state index contributed by atoms with van der Waals surface area (Å²) in [6.45, 7) is 3.61. The standard InChI is InChI=1S/C23H28N4O/c1-16-6-4-7-17(12-16)13-19(24)14-22(28)27-11-5-8-18(15-27)23-25-20-9-2-3-10-21(20)26-23/h2-4,6-7,9-10,12,18-19H,5,8,11,13-15,24H2,1H3,(H,25,26)/t18?,19-/m1/s1. The molecule has 0 saturated carbocycles. The fourth-order valence-corrected chi connectivity index (χ4v) is 4.16. The molecule has 2 heterocycles. The van der Waals surface area contributed by atoms with Crippen LogP contribution in [0, 0.1) is 6.92 Å². The monoisotopic (exact) mass is 376 g/mol. The topological polar surface area (TPSA) is 75.0 Å². The molecule has 1 unspecified atom stereocenters. The highest BCUT2D eigenvalue weighted by Crippen LogP contribution is 2.27. The number of aromatic nitrogens is 2. The second-order valence-electron chi connectivity index (χ2n) is 7.98. The summed E-state index contributed by atoms with van der Waals surface area (Å²) in [4.78, 5) is 23.0. The Balaban J connectivity index is 1.37. The fourth-order valence-electron chi connectivity index (χ4n) is 4.16. The van der Waals surface area contributed by atoms with Crippen LogP contribution in [0.2, 0.25) is 0 Å². The number of H-pyrrole nitrogens is 1. The number of nitrogens with one attached hydrogen (secondary N) is 1. The lowest BCUT2D eigenvalue weighted by Gasteiger charge is -2.32. The molecule has 5 heteroatoms. The average molecular weight is 377 g/mol. The number of imidazole rings is 1. The van der Waals surface area contributed by atoms with E-state index in [9.17, 15) is 4.79 Å².